The normalized spacial score (nSPS) is 10.4. The van der Waals surface area contributed by atoms with E-state index in [0.29, 0.717) is 12.3 Å². The molecular weight excluding hydrogens is 255 g/mol. The number of hydrogen-bond donors (Lipinski definition) is 1. The van der Waals surface area contributed by atoms with Crippen LogP contribution in [-0.2, 0) is 13.2 Å². The molecule has 0 saturated carbocycles. The van der Waals surface area contributed by atoms with Gasteiger partial charge in [-0.05, 0) is 30.3 Å². The van der Waals surface area contributed by atoms with Gasteiger partial charge >= 0.3 is 0 Å². The van der Waals surface area contributed by atoms with E-state index in [1.165, 1.54) is 18.2 Å². The number of halogens is 2. The zero-order valence-corrected chi connectivity index (χ0v) is 10.3. The van der Waals surface area contributed by atoms with Gasteiger partial charge in [-0.3, -0.25) is 4.98 Å². The summed E-state index contributed by atoms with van der Waals surface area (Å²) in [5, 5.41) is 0.241. The molecule has 0 spiro atoms. The summed E-state index contributed by atoms with van der Waals surface area (Å²) in [5.41, 5.74) is 7.04. The van der Waals surface area contributed by atoms with Crippen LogP contribution in [0.15, 0.2) is 36.4 Å². The van der Waals surface area contributed by atoms with Gasteiger partial charge < -0.3 is 10.5 Å². The van der Waals surface area contributed by atoms with Crippen LogP contribution in [0.25, 0.3) is 0 Å². The summed E-state index contributed by atoms with van der Waals surface area (Å²) in [6, 6.07) is 9.53. The molecule has 0 saturated heterocycles. The number of nitrogens with zero attached hydrogens (tertiary/aromatic N) is 1. The second-order valence-electron chi connectivity index (χ2n) is 3.69. The van der Waals surface area contributed by atoms with E-state index in [2.05, 4.69) is 4.98 Å². The summed E-state index contributed by atoms with van der Waals surface area (Å²) in [4.78, 5) is 4.29. The maximum atomic E-state index is 12.8. The van der Waals surface area contributed by atoms with Crippen LogP contribution in [0.3, 0.4) is 0 Å². The Labute approximate surface area is 109 Å². The summed E-state index contributed by atoms with van der Waals surface area (Å²) >= 11 is 5.85. The standard InChI is InChI=1S/C13H12ClFN2O/c14-12-6-9(15)4-5-13(12)18-8-11-3-1-2-10(7-16)17-11/h1-6H,7-8,16H2. The summed E-state index contributed by atoms with van der Waals surface area (Å²) in [5.74, 6) is 0.0358. The predicted octanol–water partition coefficient (Wildman–Crippen LogP) is 2.91. The van der Waals surface area contributed by atoms with Gasteiger partial charge in [0.15, 0.2) is 0 Å². The molecule has 0 unspecified atom stereocenters. The lowest BCUT2D eigenvalue weighted by atomic mass is 10.3. The van der Waals surface area contributed by atoms with Crippen LogP contribution >= 0.6 is 11.6 Å². The van der Waals surface area contributed by atoms with Crippen molar-refractivity contribution in [3.05, 3.63) is 58.6 Å². The third-order valence-corrected chi connectivity index (χ3v) is 2.64. The Balaban J connectivity index is 2.06. The molecule has 0 amide bonds. The minimum atomic E-state index is -0.393. The summed E-state index contributed by atoms with van der Waals surface area (Å²) in [6.07, 6.45) is 0. The molecule has 2 rings (SSSR count). The highest BCUT2D eigenvalue weighted by Gasteiger charge is 2.04. The Hall–Kier alpha value is -1.65. The molecule has 5 heteroatoms. The minimum absolute atomic E-state index is 0.241. The Morgan fingerprint density at radius 1 is 1.22 bits per heavy atom. The average molecular weight is 267 g/mol. The lowest BCUT2D eigenvalue weighted by Crippen LogP contribution is -2.04. The van der Waals surface area contributed by atoms with E-state index >= 15 is 0 Å². The van der Waals surface area contributed by atoms with Crippen molar-refractivity contribution < 1.29 is 9.13 Å². The summed E-state index contributed by atoms with van der Waals surface area (Å²) in [6.45, 7) is 0.643. The molecule has 1 heterocycles. The Morgan fingerprint density at radius 3 is 2.72 bits per heavy atom. The average Bonchev–Trinajstić information content (AvgIpc) is 2.38. The van der Waals surface area contributed by atoms with Crippen LogP contribution in [-0.4, -0.2) is 4.98 Å². The van der Waals surface area contributed by atoms with Gasteiger partial charge in [0.1, 0.15) is 18.2 Å². The monoisotopic (exact) mass is 266 g/mol. The van der Waals surface area contributed by atoms with Crippen molar-refractivity contribution in [2.45, 2.75) is 13.2 Å². The van der Waals surface area contributed by atoms with Crippen molar-refractivity contribution in [1.29, 1.82) is 0 Å². The molecule has 2 aromatic rings. The molecule has 0 aliphatic carbocycles. The molecule has 0 fully saturated rings. The zero-order valence-electron chi connectivity index (χ0n) is 9.57. The van der Waals surface area contributed by atoms with E-state index in [-0.39, 0.29) is 11.6 Å². The largest absolute Gasteiger partial charge is 0.486 e. The molecule has 0 aliphatic rings. The third kappa shape index (κ3) is 3.18. The first kappa shape index (κ1) is 12.8. The zero-order chi connectivity index (χ0) is 13.0. The molecule has 0 bridgehead atoms. The van der Waals surface area contributed by atoms with Gasteiger partial charge in [0.2, 0.25) is 0 Å². The lowest BCUT2D eigenvalue weighted by Gasteiger charge is -2.08. The number of hydrogen-bond acceptors (Lipinski definition) is 3. The number of pyridine rings is 1. The number of aromatic nitrogens is 1. The van der Waals surface area contributed by atoms with E-state index in [0.717, 1.165) is 11.4 Å². The highest BCUT2D eigenvalue weighted by atomic mass is 35.5. The quantitative estimate of drug-likeness (QED) is 0.926. The lowest BCUT2D eigenvalue weighted by molar-refractivity contribution is 0.300. The number of benzene rings is 1. The van der Waals surface area contributed by atoms with Gasteiger partial charge in [-0.1, -0.05) is 17.7 Å². The van der Waals surface area contributed by atoms with Crippen molar-refractivity contribution in [1.82, 2.24) is 4.98 Å². The SMILES string of the molecule is NCc1cccc(COc2ccc(F)cc2Cl)n1. The van der Waals surface area contributed by atoms with Crippen LogP contribution in [0.1, 0.15) is 11.4 Å². The summed E-state index contributed by atoms with van der Waals surface area (Å²) in [7, 11) is 0. The topological polar surface area (TPSA) is 48.1 Å². The van der Waals surface area contributed by atoms with Crippen LogP contribution in [0.5, 0.6) is 5.75 Å². The van der Waals surface area contributed by atoms with Crippen molar-refractivity contribution >= 4 is 11.6 Å². The van der Waals surface area contributed by atoms with Crippen LogP contribution in [0.2, 0.25) is 5.02 Å². The fourth-order valence-corrected chi connectivity index (χ4v) is 1.69. The first-order valence-electron chi connectivity index (χ1n) is 5.42. The van der Waals surface area contributed by atoms with Crippen molar-refractivity contribution in [2.75, 3.05) is 0 Å². The molecule has 0 aliphatic heterocycles. The van der Waals surface area contributed by atoms with Crippen LogP contribution in [0.4, 0.5) is 4.39 Å². The molecule has 1 aromatic heterocycles. The van der Waals surface area contributed by atoms with Gasteiger partial charge in [-0.2, -0.15) is 0 Å². The Kier molecular flexibility index (Phi) is 4.12. The Morgan fingerprint density at radius 2 is 2.00 bits per heavy atom. The third-order valence-electron chi connectivity index (χ3n) is 2.34. The van der Waals surface area contributed by atoms with E-state index < -0.39 is 5.82 Å². The van der Waals surface area contributed by atoms with Gasteiger partial charge in [-0.15, -0.1) is 0 Å². The van der Waals surface area contributed by atoms with E-state index in [4.69, 9.17) is 22.1 Å². The van der Waals surface area contributed by atoms with Crippen LogP contribution in [0, 0.1) is 5.82 Å². The maximum Gasteiger partial charge on any atom is 0.138 e. The van der Waals surface area contributed by atoms with Crippen molar-refractivity contribution in [3.8, 4) is 5.75 Å². The van der Waals surface area contributed by atoms with E-state index in [1.807, 2.05) is 18.2 Å². The van der Waals surface area contributed by atoms with Gasteiger partial charge in [0.25, 0.3) is 0 Å². The number of ether oxygens (including phenoxy) is 1. The second-order valence-corrected chi connectivity index (χ2v) is 4.10. The highest BCUT2D eigenvalue weighted by molar-refractivity contribution is 6.32. The molecule has 2 N–H and O–H groups in total. The predicted molar refractivity (Wildman–Crippen MR) is 67.9 cm³/mol. The molecule has 18 heavy (non-hydrogen) atoms. The molecular formula is C13H12ClFN2O. The molecule has 0 atom stereocenters. The second kappa shape index (κ2) is 5.80. The smallest absolute Gasteiger partial charge is 0.138 e. The molecule has 94 valence electrons. The molecule has 1 aromatic carbocycles. The fraction of sp³-hybridized carbons (Fsp3) is 0.154. The number of rotatable bonds is 4. The van der Waals surface area contributed by atoms with E-state index in [1.54, 1.807) is 0 Å². The minimum Gasteiger partial charge on any atom is -0.486 e. The maximum absolute atomic E-state index is 12.8. The van der Waals surface area contributed by atoms with Gasteiger partial charge in [0.05, 0.1) is 16.4 Å². The van der Waals surface area contributed by atoms with Crippen LogP contribution < -0.4 is 10.5 Å². The van der Waals surface area contributed by atoms with Gasteiger partial charge in [0, 0.05) is 6.54 Å². The van der Waals surface area contributed by atoms with Crippen molar-refractivity contribution in [2.24, 2.45) is 5.73 Å². The van der Waals surface area contributed by atoms with Gasteiger partial charge in [-0.25, -0.2) is 4.39 Å². The number of nitrogens with two attached hydrogens (primary N) is 1. The fourth-order valence-electron chi connectivity index (χ4n) is 1.47. The molecule has 0 radical (unpaired) electrons. The Bertz CT molecular complexity index is 548. The summed E-state index contributed by atoms with van der Waals surface area (Å²) < 4.78 is 18.3. The molecule has 3 nitrogen and oxygen atoms in total. The van der Waals surface area contributed by atoms with E-state index in [9.17, 15) is 4.39 Å². The highest BCUT2D eigenvalue weighted by Crippen LogP contribution is 2.25. The first-order valence-corrected chi connectivity index (χ1v) is 5.79. The van der Waals surface area contributed by atoms with Crippen molar-refractivity contribution in [3.63, 3.8) is 0 Å². The first-order chi connectivity index (χ1) is 8.69.